The maximum absolute atomic E-state index is 12.7. The van der Waals surface area contributed by atoms with Gasteiger partial charge in [-0.25, -0.2) is 9.59 Å². The summed E-state index contributed by atoms with van der Waals surface area (Å²) in [5.74, 6) is 1.58. The molecule has 0 aromatic heterocycles. The van der Waals surface area contributed by atoms with Crippen LogP contribution in [-0.2, 0) is 14.3 Å². The van der Waals surface area contributed by atoms with Gasteiger partial charge >= 0.3 is 11.9 Å². The monoisotopic (exact) mass is 417 g/mol. The highest BCUT2D eigenvalue weighted by atomic mass is 32.2. The first-order chi connectivity index (χ1) is 13.9. The van der Waals surface area contributed by atoms with E-state index in [4.69, 9.17) is 9.47 Å². The summed E-state index contributed by atoms with van der Waals surface area (Å²) < 4.78 is 9.78. The van der Waals surface area contributed by atoms with Crippen molar-refractivity contribution in [2.45, 2.75) is 43.3 Å². The van der Waals surface area contributed by atoms with Crippen LogP contribution in [0.1, 0.15) is 59.2 Å². The Labute approximate surface area is 175 Å². The Morgan fingerprint density at radius 1 is 1.00 bits per heavy atom. The standard InChI is InChI=1S/C22H27NO5S/c1-27-20(25)16-3-4-17(21(26)28-2)18(8-16)23-19(24)12-29-22-9-13-5-14(10-22)7-15(6-13)11-22/h3-4,8,13-15H,5-7,9-12H2,1-2H3,(H,23,24). The molecule has 1 amide bonds. The van der Waals surface area contributed by atoms with Crippen molar-refractivity contribution in [1.82, 2.24) is 0 Å². The van der Waals surface area contributed by atoms with Crippen LogP contribution in [-0.4, -0.2) is 42.6 Å². The quantitative estimate of drug-likeness (QED) is 0.707. The maximum atomic E-state index is 12.7. The summed E-state index contributed by atoms with van der Waals surface area (Å²) in [6.45, 7) is 0. The fourth-order valence-corrected chi connectivity index (χ4v) is 7.36. The SMILES string of the molecule is COC(=O)c1ccc(C(=O)OC)c(NC(=O)CSC23CC4CC(CC(C4)C2)C3)c1. The molecule has 1 aromatic rings. The number of carbonyl (C=O) groups excluding carboxylic acids is 3. The van der Waals surface area contributed by atoms with Crippen LogP contribution in [0.2, 0.25) is 0 Å². The van der Waals surface area contributed by atoms with Crippen LogP contribution in [0.5, 0.6) is 0 Å². The number of amides is 1. The minimum Gasteiger partial charge on any atom is -0.465 e. The first kappa shape index (κ1) is 20.3. The van der Waals surface area contributed by atoms with Crippen LogP contribution < -0.4 is 5.32 Å². The molecule has 29 heavy (non-hydrogen) atoms. The van der Waals surface area contributed by atoms with Gasteiger partial charge in [-0.3, -0.25) is 4.79 Å². The van der Waals surface area contributed by atoms with Gasteiger partial charge in [0.05, 0.1) is 36.8 Å². The molecule has 0 atom stereocenters. The van der Waals surface area contributed by atoms with Crippen LogP contribution in [0.3, 0.4) is 0 Å². The first-order valence-corrected chi connectivity index (χ1v) is 11.1. The van der Waals surface area contributed by atoms with Crippen LogP contribution >= 0.6 is 11.8 Å². The molecule has 4 saturated carbocycles. The van der Waals surface area contributed by atoms with Crippen molar-refractivity contribution in [3.05, 3.63) is 29.3 Å². The van der Waals surface area contributed by atoms with Gasteiger partial charge in [0.25, 0.3) is 0 Å². The summed E-state index contributed by atoms with van der Waals surface area (Å²) in [4.78, 5) is 36.6. The number of nitrogens with one attached hydrogen (secondary N) is 1. The maximum Gasteiger partial charge on any atom is 0.339 e. The van der Waals surface area contributed by atoms with Gasteiger partial charge in [-0.15, -0.1) is 11.8 Å². The Hall–Kier alpha value is -2.02. The molecule has 4 aliphatic carbocycles. The fourth-order valence-electron chi connectivity index (χ4n) is 5.79. The minimum atomic E-state index is -0.564. The van der Waals surface area contributed by atoms with Crippen molar-refractivity contribution in [3.63, 3.8) is 0 Å². The molecule has 0 spiro atoms. The predicted molar refractivity (Wildman–Crippen MR) is 111 cm³/mol. The molecule has 0 unspecified atom stereocenters. The summed E-state index contributed by atoms with van der Waals surface area (Å²) in [5, 5.41) is 2.81. The van der Waals surface area contributed by atoms with Gasteiger partial charge in [-0.05, 0) is 74.5 Å². The first-order valence-electron chi connectivity index (χ1n) is 10.2. The van der Waals surface area contributed by atoms with Gasteiger partial charge in [0.2, 0.25) is 5.91 Å². The highest BCUT2D eigenvalue weighted by Crippen LogP contribution is 2.60. The topological polar surface area (TPSA) is 81.7 Å². The van der Waals surface area contributed by atoms with Gasteiger partial charge < -0.3 is 14.8 Å². The molecule has 7 heteroatoms. The molecule has 156 valence electrons. The lowest BCUT2D eigenvalue weighted by Gasteiger charge is -2.56. The molecule has 0 aliphatic heterocycles. The molecule has 0 saturated heterocycles. The van der Waals surface area contributed by atoms with E-state index in [1.807, 2.05) is 0 Å². The Morgan fingerprint density at radius 2 is 1.59 bits per heavy atom. The molecular formula is C22H27NO5S. The lowest BCUT2D eigenvalue weighted by molar-refractivity contribution is -0.113. The van der Waals surface area contributed by atoms with Crippen molar-refractivity contribution >= 4 is 35.3 Å². The Balaban J connectivity index is 1.45. The summed E-state index contributed by atoms with van der Waals surface area (Å²) in [7, 11) is 2.57. The molecular weight excluding hydrogens is 390 g/mol. The van der Waals surface area contributed by atoms with E-state index in [2.05, 4.69) is 5.32 Å². The fraction of sp³-hybridized carbons (Fsp3) is 0.591. The average Bonchev–Trinajstić information content (AvgIpc) is 2.70. The number of esters is 2. The van der Waals surface area contributed by atoms with E-state index in [1.54, 1.807) is 11.8 Å². The third kappa shape index (κ3) is 4.15. The molecule has 5 rings (SSSR count). The molecule has 4 fully saturated rings. The number of hydrogen-bond acceptors (Lipinski definition) is 6. The summed E-state index contributed by atoms with van der Waals surface area (Å²) in [5.41, 5.74) is 0.758. The molecule has 1 N–H and O–H groups in total. The highest BCUT2D eigenvalue weighted by molar-refractivity contribution is 8.01. The van der Waals surface area contributed by atoms with Crippen molar-refractivity contribution in [1.29, 1.82) is 0 Å². The number of benzene rings is 1. The van der Waals surface area contributed by atoms with Gasteiger partial charge in [0.15, 0.2) is 0 Å². The van der Waals surface area contributed by atoms with E-state index in [9.17, 15) is 14.4 Å². The van der Waals surface area contributed by atoms with E-state index in [0.29, 0.717) is 5.75 Å². The van der Waals surface area contributed by atoms with Gasteiger partial charge in [0.1, 0.15) is 0 Å². The number of ether oxygens (including phenoxy) is 2. The number of thioether (sulfide) groups is 1. The molecule has 1 aromatic carbocycles. The third-order valence-corrected chi connectivity index (χ3v) is 8.13. The molecule has 4 aliphatic rings. The minimum absolute atomic E-state index is 0.169. The zero-order valence-electron chi connectivity index (χ0n) is 16.9. The zero-order valence-corrected chi connectivity index (χ0v) is 17.7. The van der Waals surface area contributed by atoms with Gasteiger partial charge in [-0.1, -0.05) is 0 Å². The molecule has 0 heterocycles. The van der Waals surface area contributed by atoms with E-state index in [1.165, 1.54) is 70.9 Å². The number of rotatable bonds is 6. The van der Waals surface area contributed by atoms with Gasteiger partial charge in [0, 0.05) is 4.75 Å². The summed E-state index contributed by atoms with van der Waals surface area (Å²) in [6, 6.07) is 4.42. The van der Waals surface area contributed by atoms with Crippen LogP contribution in [0.4, 0.5) is 5.69 Å². The third-order valence-electron chi connectivity index (χ3n) is 6.61. The number of methoxy groups -OCH3 is 2. The Morgan fingerprint density at radius 3 is 2.14 bits per heavy atom. The van der Waals surface area contributed by atoms with E-state index in [-0.39, 0.29) is 27.5 Å². The van der Waals surface area contributed by atoms with E-state index < -0.39 is 11.9 Å². The van der Waals surface area contributed by atoms with Crippen LogP contribution in [0.15, 0.2) is 18.2 Å². The largest absolute Gasteiger partial charge is 0.465 e. The number of anilines is 1. The second-order valence-corrected chi connectivity index (χ2v) is 10.1. The van der Waals surface area contributed by atoms with Crippen LogP contribution in [0.25, 0.3) is 0 Å². The summed E-state index contributed by atoms with van der Waals surface area (Å²) in [6.07, 6.45) is 7.78. The van der Waals surface area contributed by atoms with E-state index >= 15 is 0 Å². The average molecular weight is 418 g/mol. The normalized spacial score (nSPS) is 29.4. The summed E-state index contributed by atoms with van der Waals surface area (Å²) >= 11 is 1.78. The van der Waals surface area contributed by atoms with Crippen molar-refractivity contribution in [3.8, 4) is 0 Å². The molecule has 0 radical (unpaired) electrons. The predicted octanol–water partition coefficient (Wildman–Crippen LogP) is 3.90. The second kappa shape index (κ2) is 8.01. The Bertz CT molecular complexity index is 801. The van der Waals surface area contributed by atoms with E-state index in [0.717, 1.165) is 17.8 Å². The molecule has 4 bridgehead atoms. The highest BCUT2D eigenvalue weighted by Gasteiger charge is 2.51. The van der Waals surface area contributed by atoms with Crippen molar-refractivity contribution in [2.75, 3.05) is 25.3 Å². The molecule has 6 nitrogen and oxygen atoms in total. The van der Waals surface area contributed by atoms with Crippen molar-refractivity contribution < 1.29 is 23.9 Å². The van der Waals surface area contributed by atoms with Crippen molar-refractivity contribution in [2.24, 2.45) is 17.8 Å². The number of carbonyl (C=O) groups is 3. The zero-order chi connectivity index (χ0) is 20.6. The lowest BCUT2D eigenvalue weighted by atomic mass is 9.56. The van der Waals surface area contributed by atoms with Crippen LogP contribution in [0, 0.1) is 17.8 Å². The van der Waals surface area contributed by atoms with Gasteiger partial charge in [-0.2, -0.15) is 0 Å². The smallest absolute Gasteiger partial charge is 0.339 e. The number of hydrogen-bond donors (Lipinski definition) is 1. The second-order valence-electron chi connectivity index (χ2n) is 8.68. The lowest BCUT2D eigenvalue weighted by Crippen LogP contribution is -2.49. The Kier molecular flexibility index (Phi) is 5.60.